The third-order valence-corrected chi connectivity index (χ3v) is 6.77. The second-order valence-corrected chi connectivity index (χ2v) is 8.99. The van der Waals surface area contributed by atoms with Gasteiger partial charge >= 0.3 is 0 Å². The Morgan fingerprint density at radius 1 is 1.26 bits per heavy atom. The standard InChI is InChI=1S/C21H24N4O4S2/c1-6-25-20(28)18-11(2)12(3)31-19(18)24-21(25)30-10-17(27)23-15-9-14(22-13(4)26)7-8-16(15)29-5/h7-9H,6,10H2,1-5H3,(H,22,26)(H,23,27). The number of nitrogens with one attached hydrogen (secondary N) is 2. The quantitative estimate of drug-likeness (QED) is 0.411. The molecule has 0 aliphatic rings. The van der Waals surface area contributed by atoms with E-state index in [2.05, 4.69) is 15.6 Å². The summed E-state index contributed by atoms with van der Waals surface area (Å²) in [6.45, 7) is 7.66. The van der Waals surface area contributed by atoms with Gasteiger partial charge in [-0.05, 0) is 44.5 Å². The highest BCUT2D eigenvalue weighted by molar-refractivity contribution is 7.99. The van der Waals surface area contributed by atoms with Crippen LogP contribution in [-0.2, 0) is 16.1 Å². The highest BCUT2D eigenvalue weighted by Gasteiger charge is 2.17. The first-order chi connectivity index (χ1) is 14.7. The van der Waals surface area contributed by atoms with Crippen LogP contribution in [0.1, 0.15) is 24.3 Å². The Bertz CT molecular complexity index is 1220. The van der Waals surface area contributed by atoms with Crippen molar-refractivity contribution in [1.29, 1.82) is 0 Å². The Hall–Kier alpha value is -2.85. The maximum absolute atomic E-state index is 12.9. The number of carbonyl (C=O) groups is 2. The molecule has 2 heterocycles. The third kappa shape index (κ3) is 4.91. The molecular weight excluding hydrogens is 436 g/mol. The van der Waals surface area contributed by atoms with E-state index in [-0.39, 0.29) is 23.1 Å². The van der Waals surface area contributed by atoms with E-state index in [0.29, 0.717) is 39.0 Å². The maximum atomic E-state index is 12.9. The summed E-state index contributed by atoms with van der Waals surface area (Å²) in [6, 6.07) is 4.99. The zero-order valence-electron chi connectivity index (χ0n) is 18.0. The lowest BCUT2D eigenvalue weighted by Crippen LogP contribution is -2.23. The molecule has 2 aromatic heterocycles. The van der Waals surface area contributed by atoms with Crippen molar-refractivity contribution in [3.05, 3.63) is 39.0 Å². The number of methoxy groups -OCH3 is 1. The van der Waals surface area contributed by atoms with Crippen LogP contribution in [0.25, 0.3) is 10.2 Å². The monoisotopic (exact) mass is 460 g/mol. The van der Waals surface area contributed by atoms with Gasteiger partial charge in [-0.1, -0.05) is 11.8 Å². The molecule has 10 heteroatoms. The average Bonchev–Trinajstić information content (AvgIpc) is 3.00. The maximum Gasteiger partial charge on any atom is 0.263 e. The van der Waals surface area contributed by atoms with Crippen LogP contribution in [0.3, 0.4) is 0 Å². The van der Waals surface area contributed by atoms with Crippen LogP contribution in [0.5, 0.6) is 5.75 Å². The van der Waals surface area contributed by atoms with Crippen LogP contribution in [0.15, 0.2) is 28.2 Å². The Labute approximate surface area is 188 Å². The van der Waals surface area contributed by atoms with E-state index in [4.69, 9.17) is 4.74 Å². The number of hydrogen-bond donors (Lipinski definition) is 2. The van der Waals surface area contributed by atoms with Crippen molar-refractivity contribution >= 4 is 56.5 Å². The summed E-state index contributed by atoms with van der Waals surface area (Å²) in [6.07, 6.45) is 0. The number of rotatable bonds is 7. The van der Waals surface area contributed by atoms with Crippen molar-refractivity contribution in [2.24, 2.45) is 0 Å². The lowest BCUT2D eigenvalue weighted by Gasteiger charge is -2.13. The normalized spacial score (nSPS) is 10.9. The predicted molar refractivity (Wildman–Crippen MR) is 126 cm³/mol. The van der Waals surface area contributed by atoms with E-state index in [0.717, 1.165) is 10.4 Å². The Morgan fingerprint density at radius 2 is 2.00 bits per heavy atom. The minimum absolute atomic E-state index is 0.0643. The molecule has 0 bridgehead atoms. The van der Waals surface area contributed by atoms with Crippen LogP contribution >= 0.6 is 23.1 Å². The van der Waals surface area contributed by atoms with Crippen molar-refractivity contribution in [3.63, 3.8) is 0 Å². The van der Waals surface area contributed by atoms with Crippen LogP contribution in [0, 0.1) is 13.8 Å². The van der Waals surface area contributed by atoms with Gasteiger partial charge in [0.2, 0.25) is 11.8 Å². The molecule has 164 valence electrons. The van der Waals surface area contributed by atoms with Crippen molar-refractivity contribution in [2.45, 2.75) is 39.4 Å². The Morgan fingerprint density at radius 3 is 2.65 bits per heavy atom. The Balaban J connectivity index is 1.81. The molecule has 0 aliphatic carbocycles. The molecule has 0 aliphatic heterocycles. The molecule has 0 unspecified atom stereocenters. The van der Waals surface area contributed by atoms with Gasteiger partial charge in [-0.2, -0.15) is 0 Å². The number of anilines is 2. The van der Waals surface area contributed by atoms with Crippen LogP contribution in [-0.4, -0.2) is 34.2 Å². The highest BCUT2D eigenvalue weighted by atomic mass is 32.2. The number of nitrogens with zero attached hydrogens (tertiary/aromatic N) is 2. The highest BCUT2D eigenvalue weighted by Crippen LogP contribution is 2.30. The van der Waals surface area contributed by atoms with Gasteiger partial charge in [-0.25, -0.2) is 4.98 Å². The first kappa shape index (κ1) is 22.8. The second kappa shape index (κ2) is 9.52. The van der Waals surface area contributed by atoms with Gasteiger partial charge in [0.1, 0.15) is 10.6 Å². The van der Waals surface area contributed by atoms with Crippen LogP contribution in [0.2, 0.25) is 0 Å². The lowest BCUT2D eigenvalue weighted by atomic mass is 10.2. The fraction of sp³-hybridized carbons (Fsp3) is 0.333. The lowest BCUT2D eigenvalue weighted by molar-refractivity contribution is -0.114. The number of carbonyl (C=O) groups excluding carboxylic acids is 2. The van der Waals surface area contributed by atoms with E-state index in [1.54, 1.807) is 22.8 Å². The number of fused-ring (bicyclic) bond motifs is 1. The largest absolute Gasteiger partial charge is 0.495 e. The zero-order valence-corrected chi connectivity index (χ0v) is 19.6. The molecular formula is C21H24N4O4S2. The van der Waals surface area contributed by atoms with Crippen molar-refractivity contribution in [2.75, 3.05) is 23.5 Å². The van der Waals surface area contributed by atoms with Gasteiger partial charge in [0, 0.05) is 24.0 Å². The molecule has 0 saturated heterocycles. The number of thiophene rings is 1. The molecule has 8 nitrogen and oxygen atoms in total. The molecule has 0 atom stereocenters. The molecule has 2 amide bonds. The number of ether oxygens (including phenoxy) is 1. The number of aromatic nitrogens is 2. The zero-order chi connectivity index (χ0) is 22.7. The number of hydrogen-bond acceptors (Lipinski definition) is 7. The summed E-state index contributed by atoms with van der Waals surface area (Å²) in [5, 5.41) is 6.63. The van der Waals surface area contributed by atoms with E-state index in [9.17, 15) is 14.4 Å². The molecule has 0 saturated carbocycles. The fourth-order valence-corrected chi connectivity index (χ4v) is 5.03. The number of thioether (sulfide) groups is 1. The summed E-state index contributed by atoms with van der Waals surface area (Å²) in [5.41, 5.74) is 1.87. The van der Waals surface area contributed by atoms with Gasteiger partial charge in [-0.15, -0.1) is 11.3 Å². The molecule has 1 aromatic carbocycles. The van der Waals surface area contributed by atoms with Gasteiger partial charge in [0.05, 0.1) is 23.9 Å². The molecule has 0 radical (unpaired) electrons. The van der Waals surface area contributed by atoms with E-state index < -0.39 is 0 Å². The Kier molecular flexibility index (Phi) is 7.01. The topological polar surface area (TPSA) is 102 Å². The van der Waals surface area contributed by atoms with Crippen molar-refractivity contribution < 1.29 is 14.3 Å². The number of benzene rings is 1. The molecule has 31 heavy (non-hydrogen) atoms. The summed E-state index contributed by atoms with van der Waals surface area (Å²) < 4.78 is 6.89. The summed E-state index contributed by atoms with van der Waals surface area (Å²) in [5.74, 6) is 0.0475. The average molecular weight is 461 g/mol. The van der Waals surface area contributed by atoms with Crippen molar-refractivity contribution in [3.8, 4) is 5.75 Å². The van der Waals surface area contributed by atoms with Gasteiger partial charge < -0.3 is 15.4 Å². The summed E-state index contributed by atoms with van der Waals surface area (Å²) in [7, 11) is 1.50. The van der Waals surface area contributed by atoms with Gasteiger partial charge in [0.25, 0.3) is 5.56 Å². The molecule has 3 rings (SSSR count). The van der Waals surface area contributed by atoms with E-state index >= 15 is 0 Å². The van der Waals surface area contributed by atoms with Crippen LogP contribution in [0.4, 0.5) is 11.4 Å². The molecule has 0 spiro atoms. The van der Waals surface area contributed by atoms with Crippen molar-refractivity contribution in [1.82, 2.24) is 9.55 Å². The smallest absolute Gasteiger partial charge is 0.263 e. The minimum atomic E-state index is -0.279. The van der Waals surface area contributed by atoms with Gasteiger partial charge in [-0.3, -0.25) is 19.0 Å². The summed E-state index contributed by atoms with van der Waals surface area (Å²) >= 11 is 2.69. The summed E-state index contributed by atoms with van der Waals surface area (Å²) in [4.78, 5) is 43.2. The van der Waals surface area contributed by atoms with Crippen LogP contribution < -0.4 is 20.9 Å². The minimum Gasteiger partial charge on any atom is -0.495 e. The van der Waals surface area contributed by atoms with E-state index in [1.807, 2.05) is 20.8 Å². The number of aryl methyl sites for hydroxylation is 2. The molecule has 3 aromatic rings. The SMILES string of the molecule is CCn1c(SCC(=O)Nc2cc(NC(C)=O)ccc2OC)nc2sc(C)c(C)c2c1=O. The third-order valence-electron chi connectivity index (χ3n) is 4.70. The first-order valence-electron chi connectivity index (χ1n) is 9.64. The fourth-order valence-electron chi connectivity index (χ4n) is 3.10. The number of amides is 2. The second-order valence-electron chi connectivity index (χ2n) is 6.84. The first-order valence-corrected chi connectivity index (χ1v) is 11.4. The van der Waals surface area contributed by atoms with E-state index in [1.165, 1.54) is 37.1 Å². The molecule has 2 N–H and O–H groups in total. The van der Waals surface area contributed by atoms with Gasteiger partial charge in [0.15, 0.2) is 5.16 Å². The predicted octanol–water partition coefficient (Wildman–Crippen LogP) is 3.79. The molecule has 0 fully saturated rings.